The first-order valence-corrected chi connectivity index (χ1v) is 6.39. The van der Waals surface area contributed by atoms with E-state index in [-0.39, 0.29) is 11.7 Å². The molecule has 2 aliphatic carbocycles. The maximum absolute atomic E-state index is 11.3. The van der Waals surface area contributed by atoms with E-state index in [1.165, 1.54) is 5.56 Å². The quantitative estimate of drug-likeness (QED) is 0.585. The summed E-state index contributed by atoms with van der Waals surface area (Å²) in [7, 11) is 0. The van der Waals surface area contributed by atoms with Gasteiger partial charge in [-0.3, -0.25) is 4.79 Å². The third-order valence-electron chi connectivity index (χ3n) is 4.31. The molecule has 3 rings (SSSR count). The average molecular weight is 237 g/mol. The van der Waals surface area contributed by atoms with Crippen molar-refractivity contribution in [3.8, 4) is 6.07 Å². The number of nitrogens with zero attached hydrogens (tertiary/aromatic N) is 1. The maximum atomic E-state index is 11.3. The minimum atomic E-state index is 0.0891. The van der Waals surface area contributed by atoms with E-state index >= 15 is 0 Å². The minimum Gasteiger partial charge on any atom is -0.295 e. The molecule has 4 atom stereocenters. The molecule has 2 bridgehead atoms. The number of carbonyl (C=O) groups excluding carboxylic acids is 1. The predicted octanol–water partition coefficient (Wildman–Crippen LogP) is 3.32. The second-order valence-corrected chi connectivity index (χ2v) is 5.31. The van der Waals surface area contributed by atoms with Gasteiger partial charge in [0.2, 0.25) is 0 Å². The van der Waals surface area contributed by atoms with Crippen LogP contribution in [0.2, 0.25) is 0 Å². The highest BCUT2D eigenvalue weighted by molar-refractivity contribution is 5.94. The van der Waals surface area contributed by atoms with Crippen LogP contribution in [0.15, 0.2) is 36.4 Å². The first kappa shape index (κ1) is 11.2. The van der Waals surface area contributed by atoms with E-state index in [4.69, 9.17) is 0 Å². The number of nitriles is 1. The minimum absolute atomic E-state index is 0.0891. The first-order valence-electron chi connectivity index (χ1n) is 6.39. The van der Waals surface area contributed by atoms with Gasteiger partial charge in [0, 0.05) is 11.5 Å². The number of hydrogen-bond donors (Lipinski definition) is 0. The van der Waals surface area contributed by atoms with Crippen LogP contribution in [-0.2, 0) is 0 Å². The van der Waals surface area contributed by atoms with Gasteiger partial charge in [-0.05, 0) is 30.7 Å². The zero-order valence-corrected chi connectivity index (χ0v) is 10.3. The zero-order chi connectivity index (χ0) is 12.7. The Labute approximate surface area is 107 Å². The summed E-state index contributed by atoms with van der Waals surface area (Å²) in [4.78, 5) is 11.3. The van der Waals surface area contributed by atoms with Gasteiger partial charge in [0.05, 0.1) is 12.0 Å². The molecule has 0 spiro atoms. The molecule has 2 aliphatic rings. The van der Waals surface area contributed by atoms with Crippen molar-refractivity contribution in [1.82, 2.24) is 0 Å². The summed E-state index contributed by atoms with van der Waals surface area (Å²) in [5.41, 5.74) is 1.94. The highest BCUT2D eigenvalue weighted by Gasteiger charge is 2.45. The molecule has 0 heterocycles. The highest BCUT2D eigenvalue weighted by atomic mass is 16.1. The Balaban J connectivity index is 1.93. The zero-order valence-electron chi connectivity index (χ0n) is 10.3. The third kappa shape index (κ3) is 1.59. The molecule has 0 aliphatic heterocycles. The molecule has 0 saturated heterocycles. The van der Waals surface area contributed by atoms with Crippen molar-refractivity contribution in [1.29, 1.82) is 5.26 Å². The van der Waals surface area contributed by atoms with Gasteiger partial charge in [0.1, 0.15) is 0 Å². The monoisotopic (exact) mass is 237 g/mol. The number of hydrogen-bond acceptors (Lipinski definition) is 2. The van der Waals surface area contributed by atoms with Crippen LogP contribution in [-0.4, -0.2) is 5.78 Å². The van der Waals surface area contributed by atoms with Crippen LogP contribution < -0.4 is 0 Å². The molecule has 1 fully saturated rings. The topological polar surface area (TPSA) is 40.9 Å². The summed E-state index contributed by atoms with van der Waals surface area (Å²) >= 11 is 0. The lowest BCUT2D eigenvalue weighted by molar-refractivity contribution is 0.101. The number of fused-ring (bicyclic) bond motifs is 2. The van der Waals surface area contributed by atoms with Crippen molar-refractivity contribution in [2.24, 2.45) is 17.8 Å². The second kappa shape index (κ2) is 4.10. The molecule has 90 valence electrons. The van der Waals surface area contributed by atoms with Gasteiger partial charge < -0.3 is 0 Å². The van der Waals surface area contributed by atoms with Crippen LogP contribution in [0.25, 0.3) is 0 Å². The Morgan fingerprint density at radius 3 is 2.50 bits per heavy atom. The molecular weight excluding hydrogens is 222 g/mol. The van der Waals surface area contributed by atoms with E-state index in [2.05, 4.69) is 18.2 Å². The lowest BCUT2D eigenvalue weighted by atomic mass is 9.79. The van der Waals surface area contributed by atoms with Crippen LogP contribution in [0, 0.1) is 29.1 Å². The van der Waals surface area contributed by atoms with Crippen molar-refractivity contribution < 1.29 is 4.79 Å². The number of carbonyl (C=O) groups is 1. The summed E-state index contributed by atoms with van der Waals surface area (Å²) in [6.07, 6.45) is 5.55. The molecule has 2 heteroatoms. The molecule has 1 aromatic rings. The van der Waals surface area contributed by atoms with Crippen molar-refractivity contribution in [2.75, 3.05) is 0 Å². The highest BCUT2D eigenvalue weighted by Crippen LogP contribution is 2.52. The van der Waals surface area contributed by atoms with E-state index in [9.17, 15) is 10.1 Å². The molecule has 0 aromatic heterocycles. The van der Waals surface area contributed by atoms with Crippen LogP contribution in [0.5, 0.6) is 0 Å². The molecule has 1 aromatic carbocycles. The summed E-state index contributed by atoms with van der Waals surface area (Å²) in [5, 5.41) is 9.32. The number of rotatable bonds is 2. The second-order valence-electron chi connectivity index (χ2n) is 5.31. The van der Waals surface area contributed by atoms with Crippen LogP contribution >= 0.6 is 0 Å². The fraction of sp³-hybridized carbons (Fsp3) is 0.375. The van der Waals surface area contributed by atoms with Crippen molar-refractivity contribution in [2.45, 2.75) is 19.3 Å². The Bertz CT molecular complexity index is 549. The molecule has 2 nitrogen and oxygen atoms in total. The van der Waals surface area contributed by atoms with Crippen LogP contribution in [0.3, 0.4) is 0 Å². The molecule has 0 radical (unpaired) electrons. The summed E-state index contributed by atoms with van der Waals surface area (Å²) < 4.78 is 0. The van der Waals surface area contributed by atoms with Gasteiger partial charge in [-0.2, -0.15) is 5.26 Å². The summed E-state index contributed by atoms with van der Waals surface area (Å²) in [6, 6.07) is 10.2. The Kier molecular flexibility index (Phi) is 2.56. The van der Waals surface area contributed by atoms with Gasteiger partial charge in [0.25, 0.3) is 0 Å². The van der Waals surface area contributed by atoms with E-state index in [0.717, 1.165) is 12.0 Å². The molecule has 18 heavy (non-hydrogen) atoms. The van der Waals surface area contributed by atoms with Gasteiger partial charge in [-0.15, -0.1) is 0 Å². The lowest BCUT2D eigenvalue weighted by Gasteiger charge is -2.23. The Morgan fingerprint density at radius 2 is 1.89 bits per heavy atom. The molecule has 0 N–H and O–H groups in total. The van der Waals surface area contributed by atoms with Gasteiger partial charge in [-0.1, -0.05) is 36.4 Å². The Hall–Kier alpha value is -1.88. The van der Waals surface area contributed by atoms with E-state index in [1.54, 1.807) is 6.92 Å². The summed E-state index contributed by atoms with van der Waals surface area (Å²) in [6.45, 7) is 1.58. The van der Waals surface area contributed by atoms with Gasteiger partial charge in [-0.25, -0.2) is 0 Å². The van der Waals surface area contributed by atoms with Crippen LogP contribution in [0.1, 0.15) is 35.2 Å². The first-order chi connectivity index (χ1) is 8.70. The molecule has 1 saturated carbocycles. The smallest absolute Gasteiger partial charge is 0.159 e. The molecular formula is C16H15NO. The fourth-order valence-corrected chi connectivity index (χ4v) is 3.39. The predicted molar refractivity (Wildman–Crippen MR) is 69.0 cm³/mol. The Morgan fingerprint density at radius 1 is 1.22 bits per heavy atom. The third-order valence-corrected chi connectivity index (χ3v) is 4.31. The van der Waals surface area contributed by atoms with Crippen LogP contribution in [0.4, 0.5) is 0 Å². The number of Topliss-reactive ketones (excluding diaryl/α,β-unsaturated/α-hetero) is 1. The van der Waals surface area contributed by atoms with Gasteiger partial charge in [0.15, 0.2) is 5.78 Å². The van der Waals surface area contributed by atoms with Gasteiger partial charge >= 0.3 is 0 Å². The lowest BCUT2D eigenvalue weighted by Crippen LogP contribution is -2.16. The largest absolute Gasteiger partial charge is 0.295 e. The average Bonchev–Trinajstić information content (AvgIpc) is 2.98. The van der Waals surface area contributed by atoms with Crippen molar-refractivity contribution in [3.63, 3.8) is 0 Å². The van der Waals surface area contributed by atoms with Crippen molar-refractivity contribution in [3.05, 3.63) is 47.5 Å². The number of ketones is 1. The number of allylic oxidation sites excluding steroid dienone is 2. The molecule has 0 unspecified atom stereocenters. The molecule has 0 amide bonds. The number of benzene rings is 1. The maximum Gasteiger partial charge on any atom is 0.159 e. The van der Waals surface area contributed by atoms with E-state index in [0.29, 0.717) is 17.8 Å². The normalized spacial score (nSPS) is 32.4. The summed E-state index contributed by atoms with van der Waals surface area (Å²) in [5.74, 6) is 1.43. The standard InChI is InChI=1S/C16H15NO/c1-10(18)11-2-4-12(5-3-11)16-14-7-6-13(8-14)15(16)9-17/h2-7,13-16H,8H2,1H3/t13-,14+,15+,16-/m1/s1. The fourth-order valence-electron chi connectivity index (χ4n) is 3.39. The van der Waals surface area contributed by atoms with E-state index in [1.807, 2.05) is 24.3 Å². The SMILES string of the molecule is CC(=O)c1ccc([C@H]2[C@@H](C#N)[C@@H]3C=C[C@H]2C3)cc1. The van der Waals surface area contributed by atoms with E-state index < -0.39 is 0 Å². The van der Waals surface area contributed by atoms with Crippen molar-refractivity contribution >= 4 is 5.78 Å².